The van der Waals surface area contributed by atoms with Crippen molar-refractivity contribution < 1.29 is 28.3 Å². The Morgan fingerprint density at radius 2 is 1.69 bits per heavy atom. The number of ether oxygens (including phenoxy) is 1. The van der Waals surface area contributed by atoms with Crippen molar-refractivity contribution in [3.8, 4) is 5.75 Å². The molecule has 9 nitrogen and oxygen atoms in total. The SMILES string of the molecule is CCCCNC(=O)c1cc2ccc(OC(=O)CCCN3C(=O)c4ccccc4C3=O)cc2oc1=O. The van der Waals surface area contributed by atoms with Gasteiger partial charge >= 0.3 is 11.6 Å². The quantitative estimate of drug-likeness (QED) is 0.165. The maximum atomic E-state index is 12.4. The zero-order valence-electron chi connectivity index (χ0n) is 19.2. The van der Waals surface area contributed by atoms with Crippen LogP contribution in [0.25, 0.3) is 11.0 Å². The van der Waals surface area contributed by atoms with Gasteiger partial charge in [0.15, 0.2) is 0 Å². The molecule has 9 heteroatoms. The first kappa shape index (κ1) is 23.9. The number of unbranched alkanes of at least 4 members (excludes halogenated alkanes) is 1. The molecule has 0 fully saturated rings. The Morgan fingerprint density at radius 1 is 0.971 bits per heavy atom. The van der Waals surface area contributed by atoms with Crippen molar-refractivity contribution in [1.82, 2.24) is 10.2 Å². The molecule has 1 aromatic heterocycles. The van der Waals surface area contributed by atoms with Gasteiger partial charge in [-0.25, -0.2) is 4.79 Å². The third-order valence-electron chi connectivity index (χ3n) is 5.64. The predicted octanol–water partition coefficient (Wildman–Crippen LogP) is 3.30. The Bertz CT molecular complexity index is 1340. The first-order valence-electron chi connectivity index (χ1n) is 11.4. The number of carbonyl (C=O) groups is 4. The zero-order chi connectivity index (χ0) is 24.9. The van der Waals surface area contributed by atoms with Crippen LogP contribution in [0.1, 0.15) is 63.7 Å². The van der Waals surface area contributed by atoms with Crippen LogP contribution >= 0.6 is 0 Å². The molecule has 1 aliphatic rings. The van der Waals surface area contributed by atoms with Crippen LogP contribution in [0.5, 0.6) is 5.75 Å². The van der Waals surface area contributed by atoms with Gasteiger partial charge in [-0.3, -0.25) is 24.1 Å². The monoisotopic (exact) mass is 476 g/mol. The normalized spacial score (nSPS) is 12.7. The summed E-state index contributed by atoms with van der Waals surface area (Å²) in [5, 5.41) is 3.19. The highest BCUT2D eigenvalue weighted by atomic mass is 16.5. The summed E-state index contributed by atoms with van der Waals surface area (Å²) >= 11 is 0. The number of carbonyl (C=O) groups excluding carboxylic acids is 4. The van der Waals surface area contributed by atoms with Crippen molar-refractivity contribution in [3.63, 3.8) is 0 Å². The van der Waals surface area contributed by atoms with E-state index < -0.39 is 17.5 Å². The lowest BCUT2D eigenvalue weighted by atomic mass is 10.1. The smallest absolute Gasteiger partial charge is 0.349 e. The molecule has 3 amide bonds. The number of hydrogen-bond acceptors (Lipinski definition) is 7. The average molecular weight is 476 g/mol. The number of fused-ring (bicyclic) bond motifs is 2. The van der Waals surface area contributed by atoms with Gasteiger partial charge < -0.3 is 14.5 Å². The number of benzene rings is 2. The second-order valence-electron chi connectivity index (χ2n) is 8.14. The van der Waals surface area contributed by atoms with E-state index in [0.717, 1.165) is 17.7 Å². The summed E-state index contributed by atoms with van der Waals surface area (Å²) in [6, 6.07) is 12.5. The van der Waals surface area contributed by atoms with Crippen molar-refractivity contribution in [2.75, 3.05) is 13.1 Å². The number of esters is 1. The second-order valence-corrected chi connectivity index (χ2v) is 8.14. The Kier molecular flexibility index (Phi) is 7.05. The van der Waals surface area contributed by atoms with Crippen LogP contribution in [0, 0.1) is 0 Å². The summed E-state index contributed by atoms with van der Waals surface area (Å²) in [5.74, 6) is -1.63. The largest absolute Gasteiger partial charge is 0.426 e. The number of hydrogen-bond donors (Lipinski definition) is 1. The van der Waals surface area contributed by atoms with Crippen LogP contribution < -0.4 is 15.7 Å². The molecule has 4 rings (SSSR count). The number of nitrogens with zero attached hydrogens (tertiary/aromatic N) is 1. The number of imide groups is 1. The van der Waals surface area contributed by atoms with Crippen LogP contribution in [0.2, 0.25) is 0 Å². The summed E-state index contributed by atoms with van der Waals surface area (Å²) < 4.78 is 10.6. The van der Waals surface area contributed by atoms with Crippen molar-refractivity contribution in [2.24, 2.45) is 0 Å². The van der Waals surface area contributed by atoms with Gasteiger partial charge in [0.25, 0.3) is 17.7 Å². The lowest BCUT2D eigenvalue weighted by Gasteiger charge is -2.13. The zero-order valence-corrected chi connectivity index (χ0v) is 19.2. The molecule has 0 aliphatic carbocycles. The van der Waals surface area contributed by atoms with E-state index in [0.29, 0.717) is 23.1 Å². The van der Waals surface area contributed by atoms with Gasteiger partial charge in [-0.1, -0.05) is 25.5 Å². The van der Waals surface area contributed by atoms with Gasteiger partial charge in [0.05, 0.1) is 11.1 Å². The van der Waals surface area contributed by atoms with Crippen molar-refractivity contribution in [2.45, 2.75) is 32.6 Å². The summed E-state index contributed by atoms with van der Waals surface area (Å²) in [6.45, 7) is 2.56. The third kappa shape index (κ3) is 5.13. The lowest BCUT2D eigenvalue weighted by Crippen LogP contribution is -2.31. The van der Waals surface area contributed by atoms with E-state index >= 15 is 0 Å². The average Bonchev–Trinajstić information content (AvgIpc) is 3.08. The van der Waals surface area contributed by atoms with E-state index in [1.165, 1.54) is 18.2 Å². The van der Waals surface area contributed by atoms with Gasteiger partial charge in [0.1, 0.15) is 16.9 Å². The fourth-order valence-electron chi connectivity index (χ4n) is 3.79. The molecule has 2 heterocycles. The van der Waals surface area contributed by atoms with Gasteiger partial charge in [0.2, 0.25) is 0 Å². The van der Waals surface area contributed by atoms with E-state index in [1.54, 1.807) is 30.3 Å². The molecule has 1 aliphatic heterocycles. The van der Waals surface area contributed by atoms with Gasteiger partial charge in [-0.15, -0.1) is 0 Å². The van der Waals surface area contributed by atoms with E-state index in [1.807, 2.05) is 6.92 Å². The molecule has 2 aromatic carbocycles. The molecule has 0 atom stereocenters. The van der Waals surface area contributed by atoms with Crippen LogP contribution in [0.3, 0.4) is 0 Å². The fraction of sp³-hybridized carbons (Fsp3) is 0.269. The second kappa shape index (κ2) is 10.3. The highest BCUT2D eigenvalue weighted by Gasteiger charge is 2.34. The van der Waals surface area contributed by atoms with Crippen LogP contribution in [-0.2, 0) is 4.79 Å². The number of rotatable bonds is 9. The molecule has 0 saturated heterocycles. The lowest BCUT2D eigenvalue weighted by molar-refractivity contribution is -0.134. The summed E-state index contributed by atoms with van der Waals surface area (Å²) in [5.41, 5.74) is 0.0255. The maximum absolute atomic E-state index is 12.4. The molecule has 35 heavy (non-hydrogen) atoms. The molecule has 0 spiro atoms. The Morgan fingerprint density at radius 3 is 2.37 bits per heavy atom. The van der Waals surface area contributed by atoms with E-state index in [9.17, 15) is 24.0 Å². The summed E-state index contributed by atoms with van der Waals surface area (Å²) in [7, 11) is 0. The molecule has 0 radical (unpaired) electrons. The molecule has 0 saturated carbocycles. The number of nitrogens with one attached hydrogen (secondary N) is 1. The van der Waals surface area contributed by atoms with Crippen molar-refractivity contribution in [1.29, 1.82) is 0 Å². The fourth-order valence-corrected chi connectivity index (χ4v) is 3.79. The maximum Gasteiger partial charge on any atom is 0.349 e. The Balaban J connectivity index is 1.34. The standard InChI is InChI=1S/C26H24N2O7/c1-2-3-12-27-23(30)20-14-16-10-11-17(15-21(16)35-26(20)33)34-22(29)9-6-13-28-24(31)18-7-4-5-8-19(18)25(28)32/h4-5,7-8,10-11,14-15H,2-3,6,9,12-13H2,1H3,(H,27,30). The first-order chi connectivity index (χ1) is 16.9. The van der Waals surface area contributed by atoms with E-state index in [2.05, 4.69) is 5.32 Å². The molecule has 180 valence electrons. The molecule has 0 unspecified atom stereocenters. The van der Waals surface area contributed by atoms with Crippen molar-refractivity contribution >= 4 is 34.7 Å². The molecular formula is C26H24N2O7. The van der Waals surface area contributed by atoms with Crippen LogP contribution in [-0.4, -0.2) is 41.7 Å². The minimum absolute atomic E-state index is 0.0216. The molecular weight excluding hydrogens is 452 g/mol. The molecule has 3 aromatic rings. The molecule has 1 N–H and O–H groups in total. The van der Waals surface area contributed by atoms with Crippen molar-refractivity contribution in [3.05, 3.63) is 75.6 Å². The van der Waals surface area contributed by atoms with Crippen LogP contribution in [0.4, 0.5) is 0 Å². The minimum atomic E-state index is -0.782. The highest BCUT2D eigenvalue weighted by molar-refractivity contribution is 6.21. The number of amides is 3. The van der Waals surface area contributed by atoms with Gasteiger partial charge in [-0.05, 0) is 43.2 Å². The van der Waals surface area contributed by atoms with E-state index in [4.69, 9.17) is 9.15 Å². The Hall–Kier alpha value is -4.27. The van der Waals surface area contributed by atoms with Gasteiger partial charge in [0, 0.05) is 31.0 Å². The van der Waals surface area contributed by atoms with E-state index in [-0.39, 0.29) is 48.1 Å². The molecule has 0 bridgehead atoms. The summed E-state index contributed by atoms with van der Waals surface area (Å²) in [6.07, 6.45) is 1.93. The first-order valence-corrected chi connectivity index (χ1v) is 11.4. The predicted molar refractivity (Wildman–Crippen MR) is 126 cm³/mol. The van der Waals surface area contributed by atoms with Gasteiger partial charge in [-0.2, -0.15) is 0 Å². The Labute approximate surface area is 200 Å². The summed E-state index contributed by atoms with van der Waals surface area (Å²) in [4.78, 5) is 62.6. The van der Waals surface area contributed by atoms with Crippen LogP contribution in [0.15, 0.2) is 57.7 Å². The topological polar surface area (TPSA) is 123 Å². The third-order valence-corrected chi connectivity index (χ3v) is 5.64. The minimum Gasteiger partial charge on any atom is -0.426 e. The highest BCUT2D eigenvalue weighted by Crippen LogP contribution is 2.23.